The lowest BCUT2D eigenvalue weighted by Crippen LogP contribution is -2.40. The van der Waals surface area contributed by atoms with Gasteiger partial charge in [-0.05, 0) is 39.7 Å². The first-order valence-electron chi connectivity index (χ1n) is 6.87. The fraction of sp³-hybridized carbons (Fsp3) is 0.562. The topological polar surface area (TPSA) is 38.3 Å². The van der Waals surface area contributed by atoms with Crippen molar-refractivity contribution in [3.05, 3.63) is 35.9 Å². The van der Waals surface area contributed by atoms with Crippen LogP contribution in [-0.2, 0) is 9.53 Å². The van der Waals surface area contributed by atoms with Crippen molar-refractivity contribution < 1.29 is 9.53 Å². The van der Waals surface area contributed by atoms with Gasteiger partial charge in [0.15, 0.2) is 0 Å². The lowest BCUT2D eigenvalue weighted by atomic mass is 10.0. The predicted molar refractivity (Wildman–Crippen MR) is 77.9 cm³/mol. The molecule has 0 radical (unpaired) electrons. The highest BCUT2D eigenvalue weighted by Crippen LogP contribution is 2.17. The van der Waals surface area contributed by atoms with E-state index in [1.165, 1.54) is 5.56 Å². The largest absolute Gasteiger partial charge is 0.459 e. The Labute approximate surface area is 116 Å². The molecule has 0 aliphatic rings. The molecule has 0 aromatic heterocycles. The van der Waals surface area contributed by atoms with Crippen molar-refractivity contribution in [3.8, 4) is 0 Å². The SMILES string of the molecule is CCC(NC(C)C(=O)OC(C)(C)C)c1ccccc1. The number of benzene rings is 1. The lowest BCUT2D eigenvalue weighted by Gasteiger charge is -2.25. The van der Waals surface area contributed by atoms with Crippen LogP contribution in [0.25, 0.3) is 0 Å². The molecule has 106 valence electrons. The molecule has 0 amide bonds. The Hall–Kier alpha value is -1.35. The molecule has 1 aromatic carbocycles. The summed E-state index contributed by atoms with van der Waals surface area (Å²) in [6.07, 6.45) is 0.928. The normalized spacial score (nSPS) is 14.8. The van der Waals surface area contributed by atoms with E-state index in [1.807, 2.05) is 45.9 Å². The van der Waals surface area contributed by atoms with Crippen LogP contribution in [-0.4, -0.2) is 17.6 Å². The number of ether oxygens (including phenoxy) is 1. The van der Waals surface area contributed by atoms with Gasteiger partial charge in [-0.2, -0.15) is 0 Å². The van der Waals surface area contributed by atoms with Crippen molar-refractivity contribution in [1.29, 1.82) is 0 Å². The number of carbonyl (C=O) groups excluding carboxylic acids is 1. The van der Waals surface area contributed by atoms with Gasteiger partial charge in [0.05, 0.1) is 0 Å². The van der Waals surface area contributed by atoms with Gasteiger partial charge in [0, 0.05) is 6.04 Å². The van der Waals surface area contributed by atoms with E-state index >= 15 is 0 Å². The van der Waals surface area contributed by atoms with E-state index in [2.05, 4.69) is 24.4 Å². The van der Waals surface area contributed by atoms with Crippen LogP contribution < -0.4 is 5.32 Å². The van der Waals surface area contributed by atoms with Gasteiger partial charge in [-0.15, -0.1) is 0 Å². The summed E-state index contributed by atoms with van der Waals surface area (Å²) in [6.45, 7) is 9.59. The molecule has 0 bridgehead atoms. The van der Waals surface area contributed by atoms with Crippen LogP contribution in [0, 0.1) is 0 Å². The van der Waals surface area contributed by atoms with Crippen molar-refractivity contribution in [2.45, 2.75) is 58.7 Å². The molecule has 0 heterocycles. The summed E-state index contributed by atoms with van der Waals surface area (Å²) < 4.78 is 5.38. The average Bonchev–Trinajstić information content (AvgIpc) is 2.34. The lowest BCUT2D eigenvalue weighted by molar-refractivity contribution is -0.157. The highest BCUT2D eigenvalue weighted by molar-refractivity contribution is 5.75. The molecule has 0 aliphatic carbocycles. The third kappa shape index (κ3) is 5.43. The van der Waals surface area contributed by atoms with Gasteiger partial charge in [-0.3, -0.25) is 10.1 Å². The molecule has 19 heavy (non-hydrogen) atoms. The van der Waals surface area contributed by atoms with Crippen LogP contribution in [0.4, 0.5) is 0 Å². The summed E-state index contributed by atoms with van der Waals surface area (Å²) in [6, 6.07) is 10.0. The maximum Gasteiger partial charge on any atom is 0.323 e. The first kappa shape index (κ1) is 15.7. The van der Waals surface area contributed by atoms with Crippen LogP contribution in [0.3, 0.4) is 0 Å². The third-order valence-corrected chi connectivity index (χ3v) is 2.82. The average molecular weight is 263 g/mol. The number of hydrogen-bond acceptors (Lipinski definition) is 3. The summed E-state index contributed by atoms with van der Waals surface area (Å²) in [5.74, 6) is -0.207. The van der Waals surface area contributed by atoms with Gasteiger partial charge in [0.25, 0.3) is 0 Å². The molecule has 1 rings (SSSR count). The predicted octanol–water partition coefficient (Wildman–Crippen LogP) is 3.46. The van der Waals surface area contributed by atoms with E-state index in [4.69, 9.17) is 4.74 Å². The smallest absolute Gasteiger partial charge is 0.323 e. The van der Waals surface area contributed by atoms with Crippen LogP contribution in [0.15, 0.2) is 30.3 Å². The summed E-state index contributed by atoms with van der Waals surface area (Å²) in [4.78, 5) is 12.0. The van der Waals surface area contributed by atoms with Crippen molar-refractivity contribution in [1.82, 2.24) is 5.32 Å². The van der Waals surface area contributed by atoms with E-state index in [0.29, 0.717) is 0 Å². The van der Waals surface area contributed by atoms with Gasteiger partial charge in [-0.25, -0.2) is 0 Å². The zero-order chi connectivity index (χ0) is 14.5. The molecule has 0 aliphatic heterocycles. The van der Waals surface area contributed by atoms with Crippen LogP contribution in [0.1, 0.15) is 52.6 Å². The molecular formula is C16H25NO2. The monoisotopic (exact) mass is 263 g/mol. The molecule has 1 aromatic rings. The van der Waals surface area contributed by atoms with E-state index in [0.717, 1.165) is 6.42 Å². The molecule has 3 nitrogen and oxygen atoms in total. The van der Waals surface area contributed by atoms with Crippen molar-refractivity contribution in [2.75, 3.05) is 0 Å². The van der Waals surface area contributed by atoms with Gasteiger partial charge in [-0.1, -0.05) is 37.3 Å². The van der Waals surface area contributed by atoms with E-state index in [9.17, 15) is 4.79 Å². The first-order chi connectivity index (χ1) is 8.83. The maximum absolute atomic E-state index is 12.0. The zero-order valence-corrected chi connectivity index (χ0v) is 12.6. The zero-order valence-electron chi connectivity index (χ0n) is 12.6. The Morgan fingerprint density at radius 1 is 1.26 bits per heavy atom. The number of hydrogen-bond donors (Lipinski definition) is 1. The molecule has 0 spiro atoms. The highest BCUT2D eigenvalue weighted by Gasteiger charge is 2.23. The molecule has 0 saturated heterocycles. The van der Waals surface area contributed by atoms with Crippen molar-refractivity contribution in [3.63, 3.8) is 0 Å². The first-order valence-corrected chi connectivity index (χ1v) is 6.87. The van der Waals surface area contributed by atoms with Crippen molar-refractivity contribution >= 4 is 5.97 Å². The third-order valence-electron chi connectivity index (χ3n) is 2.82. The van der Waals surface area contributed by atoms with E-state index in [1.54, 1.807) is 0 Å². The number of esters is 1. The Morgan fingerprint density at radius 2 is 1.84 bits per heavy atom. The maximum atomic E-state index is 12.0. The van der Waals surface area contributed by atoms with Gasteiger partial charge < -0.3 is 4.74 Å². The van der Waals surface area contributed by atoms with Gasteiger partial charge >= 0.3 is 5.97 Å². The van der Waals surface area contributed by atoms with Gasteiger partial charge in [0.1, 0.15) is 11.6 Å². The quantitative estimate of drug-likeness (QED) is 0.827. The van der Waals surface area contributed by atoms with Crippen LogP contribution >= 0.6 is 0 Å². The summed E-state index contributed by atoms with van der Waals surface area (Å²) in [7, 11) is 0. The van der Waals surface area contributed by atoms with E-state index < -0.39 is 5.60 Å². The Bertz CT molecular complexity index is 395. The second-order valence-corrected chi connectivity index (χ2v) is 5.79. The number of nitrogens with one attached hydrogen (secondary N) is 1. The number of carbonyl (C=O) groups is 1. The summed E-state index contributed by atoms with van der Waals surface area (Å²) >= 11 is 0. The minimum absolute atomic E-state index is 0.170. The molecule has 2 unspecified atom stereocenters. The summed E-state index contributed by atoms with van der Waals surface area (Å²) in [5, 5.41) is 3.33. The van der Waals surface area contributed by atoms with Crippen LogP contribution in [0.2, 0.25) is 0 Å². The van der Waals surface area contributed by atoms with Crippen molar-refractivity contribution in [2.24, 2.45) is 0 Å². The minimum Gasteiger partial charge on any atom is -0.459 e. The molecule has 2 atom stereocenters. The highest BCUT2D eigenvalue weighted by atomic mass is 16.6. The Kier molecular flexibility index (Phi) is 5.55. The minimum atomic E-state index is -0.443. The molecule has 0 fully saturated rings. The van der Waals surface area contributed by atoms with Gasteiger partial charge in [0.2, 0.25) is 0 Å². The number of rotatable bonds is 5. The molecule has 1 N–H and O–H groups in total. The fourth-order valence-electron chi connectivity index (χ4n) is 1.90. The second-order valence-electron chi connectivity index (χ2n) is 5.79. The van der Waals surface area contributed by atoms with Crippen LogP contribution in [0.5, 0.6) is 0 Å². The molecule has 3 heteroatoms. The second kappa shape index (κ2) is 6.71. The Morgan fingerprint density at radius 3 is 2.32 bits per heavy atom. The molecular weight excluding hydrogens is 238 g/mol. The fourth-order valence-corrected chi connectivity index (χ4v) is 1.90. The van der Waals surface area contributed by atoms with E-state index in [-0.39, 0.29) is 18.1 Å². The molecule has 0 saturated carbocycles. The summed E-state index contributed by atoms with van der Waals surface area (Å²) in [5.41, 5.74) is 0.752. The standard InChI is InChI=1S/C16H25NO2/c1-6-14(13-10-8-7-9-11-13)17-12(2)15(18)19-16(3,4)5/h7-12,14,17H,6H2,1-5H3. The Balaban J connectivity index is 2.64.